The van der Waals surface area contributed by atoms with Gasteiger partial charge in [0, 0.05) is 26.6 Å². The fourth-order valence-corrected chi connectivity index (χ4v) is 4.54. The van der Waals surface area contributed by atoms with E-state index in [0.29, 0.717) is 5.56 Å². The molecular weight excluding hydrogens is 393 g/mol. The third kappa shape index (κ3) is 3.93. The molecule has 0 spiro atoms. The average Bonchev–Trinajstić information content (AvgIpc) is 3.30. The summed E-state index contributed by atoms with van der Waals surface area (Å²) in [5.74, 6) is -0.761. The summed E-state index contributed by atoms with van der Waals surface area (Å²) in [4.78, 5) is 28.7. The van der Waals surface area contributed by atoms with E-state index in [4.69, 9.17) is 0 Å². The SMILES string of the molecule is CN(C(=O)[C@H]1CC(=O)N(Cc2cccc(C(F)(F)F)c2)C1)[C@@H]1CCc2ccccc21. The number of nitrogens with zero attached hydrogens (tertiary/aromatic N) is 2. The number of amides is 2. The van der Waals surface area contributed by atoms with E-state index in [-0.39, 0.29) is 37.4 Å². The third-order valence-corrected chi connectivity index (χ3v) is 6.11. The van der Waals surface area contributed by atoms with E-state index in [1.165, 1.54) is 16.5 Å². The van der Waals surface area contributed by atoms with E-state index in [1.54, 1.807) is 18.0 Å². The molecule has 158 valence electrons. The Morgan fingerprint density at radius 2 is 1.93 bits per heavy atom. The lowest BCUT2D eigenvalue weighted by Crippen LogP contribution is -2.36. The molecule has 1 saturated heterocycles. The highest BCUT2D eigenvalue weighted by molar-refractivity contribution is 5.89. The van der Waals surface area contributed by atoms with Crippen molar-refractivity contribution in [3.05, 3.63) is 70.8 Å². The Morgan fingerprint density at radius 1 is 1.17 bits per heavy atom. The first-order valence-corrected chi connectivity index (χ1v) is 10.0. The predicted molar refractivity (Wildman–Crippen MR) is 105 cm³/mol. The van der Waals surface area contributed by atoms with Crippen LogP contribution in [0.1, 0.15) is 41.1 Å². The standard InChI is InChI=1S/C23H23F3N2O2/c1-27(20-10-9-16-6-2-3-8-19(16)20)22(30)17-12-21(29)28(14-17)13-15-5-4-7-18(11-15)23(24,25)26/h2-8,11,17,20H,9-10,12-14H2,1H3/t17-,20+/m0/s1. The lowest BCUT2D eigenvalue weighted by Gasteiger charge is -2.28. The molecule has 0 radical (unpaired) electrons. The second-order valence-corrected chi connectivity index (χ2v) is 8.08. The van der Waals surface area contributed by atoms with E-state index in [1.807, 2.05) is 18.2 Å². The van der Waals surface area contributed by atoms with E-state index in [0.717, 1.165) is 30.5 Å². The molecule has 30 heavy (non-hydrogen) atoms. The number of likely N-dealkylation sites (tertiary alicyclic amines) is 1. The van der Waals surface area contributed by atoms with Crippen molar-refractivity contribution in [2.75, 3.05) is 13.6 Å². The van der Waals surface area contributed by atoms with Crippen LogP contribution in [0.5, 0.6) is 0 Å². The Kier molecular flexibility index (Phi) is 5.30. The van der Waals surface area contributed by atoms with E-state index < -0.39 is 17.7 Å². The van der Waals surface area contributed by atoms with Crippen LogP contribution in [0.15, 0.2) is 48.5 Å². The van der Waals surface area contributed by atoms with Gasteiger partial charge in [-0.05, 0) is 41.7 Å². The number of hydrogen-bond donors (Lipinski definition) is 0. The van der Waals surface area contributed by atoms with Crippen LogP contribution in [0.25, 0.3) is 0 Å². The monoisotopic (exact) mass is 416 g/mol. The largest absolute Gasteiger partial charge is 0.416 e. The van der Waals surface area contributed by atoms with Crippen molar-refractivity contribution in [1.29, 1.82) is 0 Å². The zero-order valence-electron chi connectivity index (χ0n) is 16.7. The molecule has 4 nitrogen and oxygen atoms in total. The number of aryl methyl sites for hydroxylation is 1. The Labute approximate surface area is 173 Å². The molecule has 2 aliphatic rings. The minimum absolute atomic E-state index is 0.00122. The van der Waals surface area contributed by atoms with Gasteiger partial charge in [0.15, 0.2) is 0 Å². The zero-order chi connectivity index (χ0) is 21.5. The average molecular weight is 416 g/mol. The van der Waals surface area contributed by atoms with Crippen molar-refractivity contribution < 1.29 is 22.8 Å². The van der Waals surface area contributed by atoms with Crippen LogP contribution in [0.4, 0.5) is 13.2 Å². The minimum atomic E-state index is -4.43. The number of carbonyl (C=O) groups excluding carboxylic acids is 2. The van der Waals surface area contributed by atoms with E-state index >= 15 is 0 Å². The summed E-state index contributed by atoms with van der Waals surface area (Å²) < 4.78 is 38.8. The number of halogens is 3. The lowest BCUT2D eigenvalue weighted by molar-refractivity contribution is -0.137. The molecule has 0 N–H and O–H groups in total. The molecule has 4 rings (SSSR count). The molecule has 1 heterocycles. The molecular formula is C23H23F3N2O2. The molecule has 1 aliphatic carbocycles. The first kappa shape index (κ1) is 20.4. The fourth-order valence-electron chi connectivity index (χ4n) is 4.54. The highest BCUT2D eigenvalue weighted by Gasteiger charge is 2.39. The molecule has 0 unspecified atom stereocenters. The van der Waals surface area contributed by atoms with Gasteiger partial charge in [0.1, 0.15) is 0 Å². The number of carbonyl (C=O) groups is 2. The highest BCUT2D eigenvalue weighted by Crippen LogP contribution is 2.36. The maximum Gasteiger partial charge on any atom is 0.416 e. The normalized spacial score (nSPS) is 21.1. The van der Waals surface area contributed by atoms with Gasteiger partial charge in [0.25, 0.3) is 0 Å². The predicted octanol–water partition coefficient (Wildman–Crippen LogP) is 4.20. The van der Waals surface area contributed by atoms with Crippen LogP contribution in [-0.4, -0.2) is 35.2 Å². The Bertz CT molecular complexity index is 973. The molecule has 7 heteroatoms. The van der Waals surface area contributed by atoms with Crippen LogP contribution in [0, 0.1) is 5.92 Å². The second kappa shape index (κ2) is 7.78. The van der Waals surface area contributed by atoms with Crippen molar-refractivity contribution in [3.63, 3.8) is 0 Å². The quantitative estimate of drug-likeness (QED) is 0.750. The maximum absolute atomic E-state index is 13.1. The van der Waals surface area contributed by atoms with Gasteiger partial charge in [0.05, 0.1) is 17.5 Å². The third-order valence-electron chi connectivity index (χ3n) is 6.11. The number of alkyl halides is 3. The molecule has 2 aromatic rings. The van der Waals surface area contributed by atoms with E-state index in [2.05, 4.69) is 6.07 Å². The van der Waals surface area contributed by atoms with Crippen LogP contribution < -0.4 is 0 Å². The van der Waals surface area contributed by atoms with Gasteiger partial charge in [-0.2, -0.15) is 13.2 Å². The number of hydrogen-bond acceptors (Lipinski definition) is 2. The summed E-state index contributed by atoms with van der Waals surface area (Å²) in [6, 6.07) is 13.0. The number of rotatable bonds is 4. The van der Waals surface area contributed by atoms with E-state index in [9.17, 15) is 22.8 Å². The van der Waals surface area contributed by atoms with Gasteiger partial charge >= 0.3 is 6.18 Å². The molecule has 2 amide bonds. The van der Waals surface area contributed by atoms with Crippen LogP contribution in [-0.2, 0) is 28.7 Å². The molecule has 0 aromatic heterocycles. The summed E-state index contributed by atoms with van der Waals surface area (Å²) in [6.45, 7) is 0.301. The zero-order valence-corrected chi connectivity index (χ0v) is 16.7. The fraction of sp³-hybridized carbons (Fsp3) is 0.391. The molecule has 2 atom stereocenters. The summed E-state index contributed by atoms with van der Waals surface area (Å²) in [5, 5.41) is 0. The van der Waals surface area contributed by atoms with Gasteiger partial charge in [-0.25, -0.2) is 0 Å². The summed E-state index contributed by atoms with van der Waals surface area (Å²) in [7, 11) is 1.77. The topological polar surface area (TPSA) is 40.6 Å². The molecule has 2 aromatic carbocycles. The summed E-state index contributed by atoms with van der Waals surface area (Å²) in [6.07, 6.45) is -2.56. The highest BCUT2D eigenvalue weighted by atomic mass is 19.4. The second-order valence-electron chi connectivity index (χ2n) is 8.08. The lowest BCUT2D eigenvalue weighted by atomic mass is 10.0. The van der Waals surface area contributed by atoms with Crippen molar-refractivity contribution in [3.8, 4) is 0 Å². The molecule has 1 fully saturated rings. The Balaban J connectivity index is 1.43. The first-order chi connectivity index (χ1) is 14.2. The summed E-state index contributed by atoms with van der Waals surface area (Å²) >= 11 is 0. The number of benzene rings is 2. The van der Waals surface area contributed by atoms with Gasteiger partial charge in [0.2, 0.25) is 11.8 Å². The van der Waals surface area contributed by atoms with Crippen LogP contribution in [0.2, 0.25) is 0 Å². The van der Waals surface area contributed by atoms with Gasteiger partial charge < -0.3 is 9.80 Å². The number of fused-ring (bicyclic) bond motifs is 1. The minimum Gasteiger partial charge on any atom is -0.338 e. The Morgan fingerprint density at radius 3 is 2.70 bits per heavy atom. The van der Waals surface area contributed by atoms with Gasteiger partial charge in [-0.3, -0.25) is 9.59 Å². The smallest absolute Gasteiger partial charge is 0.338 e. The maximum atomic E-state index is 13.1. The Hall–Kier alpha value is -2.83. The van der Waals surface area contributed by atoms with Crippen LogP contribution in [0.3, 0.4) is 0 Å². The molecule has 1 aliphatic heterocycles. The van der Waals surface area contributed by atoms with Gasteiger partial charge in [-0.15, -0.1) is 0 Å². The van der Waals surface area contributed by atoms with Crippen LogP contribution >= 0.6 is 0 Å². The summed E-state index contributed by atoms with van der Waals surface area (Å²) in [5.41, 5.74) is 2.07. The van der Waals surface area contributed by atoms with Crippen molar-refractivity contribution in [1.82, 2.24) is 9.80 Å². The molecule has 0 bridgehead atoms. The van der Waals surface area contributed by atoms with Crippen molar-refractivity contribution in [2.45, 2.75) is 38.0 Å². The van der Waals surface area contributed by atoms with Gasteiger partial charge in [-0.1, -0.05) is 36.4 Å². The van der Waals surface area contributed by atoms with Crippen molar-refractivity contribution >= 4 is 11.8 Å². The first-order valence-electron chi connectivity index (χ1n) is 10.0. The molecule has 0 saturated carbocycles. The van der Waals surface area contributed by atoms with Crippen molar-refractivity contribution in [2.24, 2.45) is 5.92 Å².